The molecule has 0 bridgehead atoms. The average molecular weight is 348 g/mol. The summed E-state index contributed by atoms with van der Waals surface area (Å²) in [6, 6.07) is 1.87. The third-order valence-electron chi connectivity index (χ3n) is 4.65. The van der Waals surface area contributed by atoms with Gasteiger partial charge in [0.05, 0.1) is 12.3 Å². The third kappa shape index (κ3) is 3.67. The van der Waals surface area contributed by atoms with Gasteiger partial charge in [0.2, 0.25) is 6.61 Å². The lowest BCUT2D eigenvalue weighted by atomic mass is 9.72. The number of carbonyl (C=O) groups excluding carboxylic acids is 2. The van der Waals surface area contributed by atoms with E-state index in [1.807, 2.05) is 4.90 Å². The number of H-pyrrole nitrogens is 1. The van der Waals surface area contributed by atoms with E-state index < -0.39 is 5.97 Å². The summed E-state index contributed by atoms with van der Waals surface area (Å²) in [7, 11) is 0. The van der Waals surface area contributed by atoms with Crippen LogP contribution in [0.4, 0.5) is 0 Å². The first-order chi connectivity index (χ1) is 11.9. The van der Waals surface area contributed by atoms with Gasteiger partial charge in [0, 0.05) is 24.2 Å². The van der Waals surface area contributed by atoms with Gasteiger partial charge in [0.15, 0.2) is 5.71 Å². The van der Waals surface area contributed by atoms with Crippen molar-refractivity contribution in [2.24, 2.45) is 16.5 Å². The van der Waals surface area contributed by atoms with Crippen LogP contribution < -0.4 is 0 Å². The Hall–Kier alpha value is -2.38. The number of likely N-dealkylation sites (tertiary alicyclic amines) is 1. The van der Waals surface area contributed by atoms with Crippen LogP contribution in [-0.2, 0) is 19.2 Å². The lowest BCUT2D eigenvalue weighted by Crippen LogP contribution is -2.66. The Labute approximate surface area is 146 Å². The molecule has 1 aliphatic heterocycles. The number of carbonyl (C=O) groups is 2. The molecule has 1 atom stereocenters. The summed E-state index contributed by atoms with van der Waals surface area (Å²) in [6.07, 6.45) is 3.86. The molecule has 1 N–H and O–H groups in total. The molecule has 3 rings (SSSR count). The summed E-state index contributed by atoms with van der Waals surface area (Å²) in [4.78, 5) is 31.3. The molecule has 0 radical (unpaired) electrons. The van der Waals surface area contributed by atoms with Crippen LogP contribution in [0.25, 0.3) is 0 Å². The van der Waals surface area contributed by atoms with Crippen molar-refractivity contribution in [1.29, 1.82) is 0 Å². The van der Waals surface area contributed by atoms with Crippen molar-refractivity contribution < 1.29 is 19.2 Å². The molecule has 2 fully saturated rings. The van der Waals surface area contributed by atoms with Crippen molar-refractivity contribution in [2.45, 2.75) is 39.7 Å². The quantitative estimate of drug-likeness (QED) is 0.456. The summed E-state index contributed by atoms with van der Waals surface area (Å²) >= 11 is 0. The van der Waals surface area contributed by atoms with Crippen LogP contribution in [0.3, 0.4) is 0 Å². The highest BCUT2D eigenvalue weighted by molar-refractivity contribution is 6.44. The number of nitrogens with one attached hydrogen (secondary N) is 1. The summed E-state index contributed by atoms with van der Waals surface area (Å²) in [5.41, 5.74) is 0.706. The van der Waals surface area contributed by atoms with E-state index in [9.17, 15) is 9.59 Å². The number of ether oxygens (including phenoxy) is 1. The minimum absolute atomic E-state index is 0.113. The minimum atomic E-state index is -0.524. The zero-order chi connectivity index (χ0) is 18.0. The number of rotatable bonds is 7. The molecule has 0 aromatic carbocycles. The third-order valence-corrected chi connectivity index (χ3v) is 4.65. The number of nitrogens with zero attached hydrogens (tertiary/aromatic N) is 3. The molecular weight excluding hydrogens is 324 g/mol. The summed E-state index contributed by atoms with van der Waals surface area (Å²) in [6.45, 7) is 6.69. The van der Waals surface area contributed by atoms with Crippen LogP contribution in [0.1, 0.15) is 39.3 Å². The van der Waals surface area contributed by atoms with Crippen LogP contribution in [0.15, 0.2) is 17.4 Å². The van der Waals surface area contributed by atoms with Crippen LogP contribution in [-0.4, -0.2) is 58.5 Å². The maximum Gasteiger partial charge on any atom is 0.347 e. The van der Waals surface area contributed by atoms with Crippen molar-refractivity contribution in [3.63, 3.8) is 0 Å². The van der Waals surface area contributed by atoms with Crippen LogP contribution >= 0.6 is 0 Å². The largest absolute Gasteiger partial charge is 0.463 e. The molecular formula is C17H24N4O4. The Bertz CT molecular complexity index is 664. The van der Waals surface area contributed by atoms with E-state index in [4.69, 9.17) is 9.57 Å². The molecule has 1 aromatic heterocycles. The molecule has 1 saturated carbocycles. The molecule has 8 heteroatoms. The van der Waals surface area contributed by atoms with Gasteiger partial charge in [-0.1, -0.05) is 19.0 Å². The molecule has 1 aromatic rings. The van der Waals surface area contributed by atoms with Gasteiger partial charge in [-0.25, -0.2) is 4.79 Å². The highest BCUT2D eigenvalue weighted by Crippen LogP contribution is 2.50. The molecule has 1 amide bonds. The number of amides is 1. The molecule has 0 spiro atoms. The maximum absolute atomic E-state index is 13.0. The van der Waals surface area contributed by atoms with Crippen molar-refractivity contribution in [3.05, 3.63) is 18.0 Å². The van der Waals surface area contributed by atoms with E-state index in [1.165, 1.54) is 0 Å². The first-order valence-electron chi connectivity index (χ1n) is 8.60. The number of hydrogen-bond acceptors (Lipinski definition) is 6. The summed E-state index contributed by atoms with van der Waals surface area (Å²) in [5.74, 6) is -0.163. The second-order valence-electron chi connectivity index (χ2n) is 7.19. The molecule has 8 nitrogen and oxygen atoms in total. The van der Waals surface area contributed by atoms with Gasteiger partial charge in [-0.15, -0.1) is 0 Å². The fourth-order valence-electron chi connectivity index (χ4n) is 3.52. The van der Waals surface area contributed by atoms with Gasteiger partial charge in [0.1, 0.15) is 0 Å². The van der Waals surface area contributed by atoms with Gasteiger partial charge in [-0.3, -0.25) is 9.89 Å². The second kappa shape index (κ2) is 6.85. The smallest absolute Gasteiger partial charge is 0.347 e. The second-order valence-corrected chi connectivity index (χ2v) is 7.19. The number of oxime groups is 1. The monoisotopic (exact) mass is 348 g/mol. The lowest BCUT2D eigenvalue weighted by molar-refractivity contribution is -0.149. The lowest BCUT2D eigenvalue weighted by Gasteiger charge is -2.54. The number of aromatic amines is 1. The van der Waals surface area contributed by atoms with Crippen molar-refractivity contribution in [1.82, 2.24) is 15.1 Å². The highest BCUT2D eigenvalue weighted by atomic mass is 16.7. The topological polar surface area (TPSA) is 96.9 Å². The van der Waals surface area contributed by atoms with Crippen LogP contribution in [0, 0.1) is 11.3 Å². The van der Waals surface area contributed by atoms with Gasteiger partial charge in [-0.2, -0.15) is 5.10 Å². The zero-order valence-corrected chi connectivity index (χ0v) is 14.8. The Morgan fingerprint density at radius 1 is 1.44 bits per heavy atom. The van der Waals surface area contributed by atoms with Crippen LogP contribution in [0.5, 0.6) is 0 Å². The molecule has 1 unspecified atom stereocenters. The average Bonchev–Trinajstić information content (AvgIpc) is 3.20. The van der Waals surface area contributed by atoms with Crippen LogP contribution in [0.2, 0.25) is 0 Å². The van der Waals surface area contributed by atoms with Crippen molar-refractivity contribution in [2.75, 3.05) is 19.8 Å². The SMILES string of the molecule is CCOC(=O)CO/N=C(\C(=O)N1CC(C)(C)C1C1CC1)c1ccn[nH]1. The minimum Gasteiger partial charge on any atom is -0.463 e. The number of esters is 1. The Balaban J connectivity index is 1.73. The molecule has 1 aliphatic carbocycles. The molecule has 136 valence electrons. The predicted octanol–water partition coefficient (Wildman–Crippen LogP) is 1.34. The Morgan fingerprint density at radius 2 is 2.20 bits per heavy atom. The van der Waals surface area contributed by atoms with E-state index >= 15 is 0 Å². The van der Waals surface area contributed by atoms with Gasteiger partial charge in [0.25, 0.3) is 5.91 Å². The molecule has 2 heterocycles. The number of aromatic nitrogens is 2. The first kappa shape index (κ1) is 17.4. The Morgan fingerprint density at radius 3 is 2.76 bits per heavy atom. The van der Waals surface area contributed by atoms with E-state index in [1.54, 1.807) is 19.2 Å². The predicted molar refractivity (Wildman–Crippen MR) is 89.7 cm³/mol. The standard InChI is InChI=1S/C17H24N4O4/c1-4-24-13(22)9-25-20-14(12-7-8-18-19-12)16(23)21-10-17(2,3)15(21)11-5-6-11/h7-8,11,15H,4-6,9-10H2,1-3H3,(H,18,19)/b20-14-. The van der Waals surface area contributed by atoms with Crippen molar-refractivity contribution >= 4 is 17.6 Å². The first-order valence-corrected chi connectivity index (χ1v) is 8.60. The normalized spacial score (nSPS) is 22.3. The summed E-state index contributed by atoms with van der Waals surface area (Å²) in [5, 5.41) is 10.5. The molecule has 2 aliphatic rings. The van der Waals surface area contributed by atoms with E-state index in [2.05, 4.69) is 29.2 Å². The molecule has 25 heavy (non-hydrogen) atoms. The highest BCUT2D eigenvalue weighted by Gasteiger charge is 2.55. The van der Waals surface area contributed by atoms with Gasteiger partial charge >= 0.3 is 5.97 Å². The molecule has 1 saturated heterocycles. The van der Waals surface area contributed by atoms with E-state index in [-0.39, 0.29) is 36.3 Å². The van der Waals surface area contributed by atoms with Crippen molar-refractivity contribution in [3.8, 4) is 0 Å². The van der Waals surface area contributed by atoms with Gasteiger partial charge < -0.3 is 14.5 Å². The fraction of sp³-hybridized carbons (Fsp3) is 0.647. The van der Waals surface area contributed by atoms with E-state index in [0.717, 1.165) is 12.8 Å². The Kier molecular flexibility index (Phi) is 4.78. The number of hydrogen-bond donors (Lipinski definition) is 1. The fourth-order valence-corrected chi connectivity index (χ4v) is 3.52. The summed E-state index contributed by atoms with van der Waals surface area (Å²) < 4.78 is 4.79. The van der Waals surface area contributed by atoms with E-state index in [0.29, 0.717) is 18.2 Å². The zero-order valence-electron chi connectivity index (χ0n) is 14.8. The maximum atomic E-state index is 13.0. The van der Waals surface area contributed by atoms with Gasteiger partial charge in [-0.05, 0) is 31.7 Å².